The van der Waals surface area contributed by atoms with E-state index in [4.69, 9.17) is 0 Å². The minimum atomic E-state index is -3.12. The first-order valence-electron chi connectivity index (χ1n) is 8.66. The highest BCUT2D eigenvalue weighted by atomic mass is 32.2. The SMILES string of the molecule is CC(C)S(=O)(=O)NCCCCCNCc1cccc2ccccc12. The zero-order chi connectivity index (χ0) is 17.4. The molecule has 0 aliphatic carbocycles. The Morgan fingerprint density at radius 2 is 1.62 bits per heavy atom. The summed E-state index contributed by atoms with van der Waals surface area (Å²) in [5.74, 6) is 0. The highest BCUT2D eigenvalue weighted by Gasteiger charge is 2.13. The molecule has 0 bridgehead atoms. The maximum Gasteiger partial charge on any atom is 0.213 e. The standard InChI is InChI=1S/C19H28N2O2S/c1-16(2)24(22,23)21-14-7-3-6-13-20-15-18-11-8-10-17-9-4-5-12-19(17)18/h4-5,8-12,16,20-21H,3,6-7,13-15H2,1-2H3. The number of sulfonamides is 1. The molecule has 0 saturated carbocycles. The van der Waals surface area contributed by atoms with Gasteiger partial charge in [-0.3, -0.25) is 0 Å². The molecule has 0 aliphatic heterocycles. The molecule has 2 rings (SSSR count). The fourth-order valence-electron chi connectivity index (χ4n) is 2.60. The van der Waals surface area contributed by atoms with Crippen molar-refractivity contribution in [2.24, 2.45) is 0 Å². The van der Waals surface area contributed by atoms with E-state index in [0.717, 1.165) is 32.4 Å². The number of unbranched alkanes of at least 4 members (excludes halogenated alkanes) is 2. The number of fused-ring (bicyclic) bond motifs is 1. The number of rotatable bonds is 10. The minimum absolute atomic E-state index is 0.361. The third kappa shape index (κ3) is 5.58. The van der Waals surface area contributed by atoms with Crippen molar-refractivity contribution in [3.8, 4) is 0 Å². The Morgan fingerprint density at radius 1 is 0.917 bits per heavy atom. The Morgan fingerprint density at radius 3 is 2.42 bits per heavy atom. The second-order valence-electron chi connectivity index (χ2n) is 6.36. The van der Waals surface area contributed by atoms with Crippen LogP contribution in [0.2, 0.25) is 0 Å². The van der Waals surface area contributed by atoms with Crippen molar-refractivity contribution in [2.75, 3.05) is 13.1 Å². The number of nitrogens with one attached hydrogen (secondary N) is 2. The first-order chi connectivity index (χ1) is 11.5. The minimum Gasteiger partial charge on any atom is -0.313 e. The van der Waals surface area contributed by atoms with E-state index >= 15 is 0 Å². The molecule has 0 heterocycles. The van der Waals surface area contributed by atoms with E-state index in [9.17, 15) is 8.42 Å². The average Bonchev–Trinajstić information content (AvgIpc) is 2.57. The number of benzene rings is 2. The van der Waals surface area contributed by atoms with Crippen molar-refractivity contribution in [1.82, 2.24) is 10.0 Å². The van der Waals surface area contributed by atoms with Gasteiger partial charge in [-0.25, -0.2) is 13.1 Å². The van der Waals surface area contributed by atoms with Crippen LogP contribution in [0.25, 0.3) is 10.8 Å². The number of hydrogen-bond acceptors (Lipinski definition) is 3. The molecule has 2 N–H and O–H groups in total. The third-order valence-electron chi connectivity index (χ3n) is 4.15. The van der Waals surface area contributed by atoms with Gasteiger partial charge < -0.3 is 5.32 Å². The van der Waals surface area contributed by atoms with Gasteiger partial charge in [-0.2, -0.15) is 0 Å². The van der Waals surface area contributed by atoms with Crippen LogP contribution < -0.4 is 10.0 Å². The second kappa shape index (κ2) is 9.16. The van der Waals surface area contributed by atoms with E-state index in [1.807, 2.05) is 0 Å². The maximum absolute atomic E-state index is 11.6. The molecule has 0 amide bonds. The van der Waals surface area contributed by atoms with Crippen molar-refractivity contribution < 1.29 is 8.42 Å². The molecule has 2 aromatic rings. The van der Waals surface area contributed by atoms with E-state index in [1.54, 1.807) is 13.8 Å². The topological polar surface area (TPSA) is 58.2 Å². The summed E-state index contributed by atoms with van der Waals surface area (Å²) in [6.07, 6.45) is 2.94. The Balaban J connectivity index is 1.63. The van der Waals surface area contributed by atoms with Crippen molar-refractivity contribution in [3.05, 3.63) is 48.0 Å². The van der Waals surface area contributed by atoms with Crippen molar-refractivity contribution in [3.63, 3.8) is 0 Å². The monoisotopic (exact) mass is 348 g/mol. The first kappa shape index (κ1) is 18.9. The molecule has 5 heteroatoms. The van der Waals surface area contributed by atoms with Gasteiger partial charge in [0.2, 0.25) is 10.0 Å². The molecule has 0 fully saturated rings. The third-order valence-corrected chi connectivity index (χ3v) is 6.00. The molecule has 0 spiro atoms. The first-order valence-corrected chi connectivity index (χ1v) is 10.2. The molecule has 4 nitrogen and oxygen atoms in total. The molecule has 0 atom stereocenters. The van der Waals surface area contributed by atoms with Crippen LogP contribution in [0, 0.1) is 0 Å². The summed E-state index contributed by atoms with van der Waals surface area (Å²) in [6, 6.07) is 14.8. The van der Waals surface area contributed by atoms with Gasteiger partial charge in [0.05, 0.1) is 5.25 Å². The second-order valence-corrected chi connectivity index (χ2v) is 8.69. The van der Waals surface area contributed by atoms with Crippen LogP contribution in [0.1, 0.15) is 38.7 Å². The highest BCUT2D eigenvalue weighted by Crippen LogP contribution is 2.18. The quantitative estimate of drug-likeness (QED) is 0.647. The molecule has 2 aromatic carbocycles. The van der Waals surface area contributed by atoms with Crippen LogP contribution in [0.3, 0.4) is 0 Å². The van der Waals surface area contributed by atoms with Gasteiger partial charge in [0.15, 0.2) is 0 Å². The van der Waals surface area contributed by atoms with E-state index < -0.39 is 10.0 Å². The zero-order valence-electron chi connectivity index (χ0n) is 14.6. The lowest BCUT2D eigenvalue weighted by Crippen LogP contribution is -2.31. The summed E-state index contributed by atoms with van der Waals surface area (Å²) in [4.78, 5) is 0. The summed E-state index contributed by atoms with van der Waals surface area (Å²) in [6.45, 7) is 5.73. The van der Waals surface area contributed by atoms with Crippen LogP contribution >= 0.6 is 0 Å². The summed E-state index contributed by atoms with van der Waals surface area (Å²) in [5.41, 5.74) is 1.32. The van der Waals surface area contributed by atoms with Crippen LogP contribution in [0.4, 0.5) is 0 Å². The predicted molar refractivity (Wildman–Crippen MR) is 102 cm³/mol. The predicted octanol–water partition coefficient (Wildman–Crippen LogP) is 3.43. The Hall–Kier alpha value is -1.43. The molecule has 0 aromatic heterocycles. The van der Waals surface area contributed by atoms with E-state index in [2.05, 4.69) is 52.5 Å². The molecule has 0 unspecified atom stereocenters. The smallest absolute Gasteiger partial charge is 0.213 e. The van der Waals surface area contributed by atoms with Gasteiger partial charge in [0, 0.05) is 13.1 Å². The molecule has 0 radical (unpaired) electrons. The summed E-state index contributed by atoms with van der Waals surface area (Å²) in [5, 5.41) is 5.69. The van der Waals surface area contributed by atoms with Crippen molar-refractivity contribution in [2.45, 2.75) is 44.9 Å². The lowest BCUT2D eigenvalue weighted by atomic mass is 10.0. The molecule has 132 valence electrons. The van der Waals surface area contributed by atoms with Crippen molar-refractivity contribution in [1.29, 1.82) is 0 Å². The van der Waals surface area contributed by atoms with Gasteiger partial charge in [0.25, 0.3) is 0 Å². The van der Waals surface area contributed by atoms with Gasteiger partial charge in [-0.05, 0) is 49.6 Å². The maximum atomic E-state index is 11.6. The van der Waals surface area contributed by atoms with Crippen LogP contribution in [-0.4, -0.2) is 26.8 Å². The van der Waals surface area contributed by atoms with E-state index in [-0.39, 0.29) is 5.25 Å². The Bertz CT molecular complexity index is 737. The lowest BCUT2D eigenvalue weighted by molar-refractivity contribution is 0.561. The van der Waals surface area contributed by atoms with Crippen LogP contribution in [-0.2, 0) is 16.6 Å². The van der Waals surface area contributed by atoms with Gasteiger partial charge in [0.1, 0.15) is 0 Å². The summed E-state index contributed by atoms with van der Waals surface area (Å²) >= 11 is 0. The Kier molecular flexibility index (Phi) is 7.21. The van der Waals surface area contributed by atoms with E-state index in [1.165, 1.54) is 16.3 Å². The van der Waals surface area contributed by atoms with E-state index in [0.29, 0.717) is 6.54 Å². The van der Waals surface area contributed by atoms with Crippen LogP contribution in [0.5, 0.6) is 0 Å². The van der Waals surface area contributed by atoms with Gasteiger partial charge in [-0.1, -0.05) is 48.9 Å². The summed E-state index contributed by atoms with van der Waals surface area (Å²) in [7, 11) is -3.12. The molecular weight excluding hydrogens is 320 g/mol. The van der Waals surface area contributed by atoms with Gasteiger partial charge in [-0.15, -0.1) is 0 Å². The average molecular weight is 349 g/mol. The van der Waals surface area contributed by atoms with Gasteiger partial charge >= 0.3 is 0 Å². The lowest BCUT2D eigenvalue weighted by Gasteiger charge is -2.10. The highest BCUT2D eigenvalue weighted by molar-refractivity contribution is 7.90. The normalized spacial score (nSPS) is 12.1. The molecule has 0 saturated heterocycles. The molecular formula is C19H28N2O2S. The summed E-state index contributed by atoms with van der Waals surface area (Å²) < 4.78 is 25.9. The Labute approximate surface area is 145 Å². The zero-order valence-corrected chi connectivity index (χ0v) is 15.4. The number of hydrogen-bond donors (Lipinski definition) is 2. The fraction of sp³-hybridized carbons (Fsp3) is 0.474. The fourth-order valence-corrected chi connectivity index (χ4v) is 3.36. The molecule has 24 heavy (non-hydrogen) atoms. The van der Waals surface area contributed by atoms with Crippen LogP contribution in [0.15, 0.2) is 42.5 Å². The van der Waals surface area contributed by atoms with Crippen molar-refractivity contribution >= 4 is 20.8 Å². The molecule has 0 aliphatic rings. The largest absolute Gasteiger partial charge is 0.313 e.